The van der Waals surface area contributed by atoms with Crippen molar-refractivity contribution >= 4 is 11.8 Å². The van der Waals surface area contributed by atoms with Crippen molar-refractivity contribution in [2.45, 2.75) is 117 Å². The van der Waals surface area contributed by atoms with Gasteiger partial charge in [-0.2, -0.15) is 6.42 Å². The maximum Gasteiger partial charge on any atom is 3.00 e. The second-order valence-electron chi connectivity index (χ2n) is 8.21. The molecule has 4 nitrogen and oxygen atoms in total. The Labute approximate surface area is 197 Å². The van der Waals surface area contributed by atoms with Crippen molar-refractivity contribution in [2.24, 2.45) is 5.41 Å². The maximum absolute atomic E-state index is 12.2. The van der Waals surface area contributed by atoms with E-state index in [-0.39, 0.29) is 59.8 Å². The third-order valence-electron chi connectivity index (χ3n) is 5.52. The van der Waals surface area contributed by atoms with Crippen LogP contribution in [0, 0.1) is 26.3 Å². The van der Waals surface area contributed by atoms with Crippen molar-refractivity contribution in [1.29, 1.82) is 0 Å². The second-order valence-corrected chi connectivity index (χ2v) is 8.21. The Morgan fingerprint density at radius 3 is 1.90 bits per heavy atom. The first-order valence-electron chi connectivity index (χ1n) is 10.9. The van der Waals surface area contributed by atoms with Gasteiger partial charge < -0.3 is 25.5 Å². The number of hydrogen-bond acceptors (Lipinski definition) is 2. The fourth-order valence-corrected chi connectivity index (χ4v) is 4.31. The molecule has 5 heteroatoms. The Morgan fingerprint density at radius 1 is 0.897 bits per heavy atom. The molecule has 1 aliphatic carbocycles. The molecule has 0 aliphatic heterocycles. The van der Waals surface area contributed by atoms with Crippen LogP contribution in [0.4, 0.5) is 0 Å². The topological polar surface area (TPSA) is 58.2 Å². The molecule has 0 aromatic rings. The van der Waals surface area contributed by atoms with Gasteiger partial charge in [0.2, 0.25) is 5.91 Å². The molecule has 1 saturated carbocycles. The number of carbonyl (C=O) groups excluding carboxylic acids is 2. The Morgan fingerprint density at radius 2 is 1.41 bits per heavy atom. The van der Waals surface area contributed by atoms with Gasteiger partial charge in [0.05, 0.1) is 0 Å². The van der Waals surface area contributed by atoms with Gasteiger partial charge in [0.1, 0.15) is 0 Å². The van der Waals surface area contributed by atoms with Crippen molar-refractivity contribution in [2.75, 3.05) is 0 Å². The van der Waals surface area contributed by atoms with Gasteiger partial charge in [-0.1, -0.05) is 58.8 Å². The average Bonchev–Trinajstić information content (AvgIpc) is 2.58. The summed E-state index contributed by atoms with van der Waals surface area (Å²) in [5, 5.41) is 6.44. The Hall–Kier alpha value is -0.346. The molecule has 1 radical (unpaired) electrons. The van der Waals surface area contributed by atoms with Gasteiger partial charge in [0, 0.05) is 18.9 Å². The Balaban J connectivity index is -0.00000225. The quantitative estimate of drug-likeness (QED) is 0.280. The smallest absolute Gasteiger partial charge is 0.503 e. The zero-order chi connectivity index (χ0) is 19.4. The van der Waals surface area contributed by atoms with E-state index in [2.05, 4.69) is 24.5 Å². The summed E-state index contributed by atoms with van der Waals surface area (Å²) in [7, 11) is 0. The maximum atomic E-state index is 12.2. The summed E-state index contributed by atoms with van der Waals surface area (Å²) in [6.45, 7) is 8.55. The first-order valence-corrected chi connectivity index (χ1v) is 10.9. The molecule has 0 bridgehead atoms. The van der Waals surface area contributed by atoms with Crippen LogP contribution in [0.25, 0.3) is 0 Å². The third kappa shape index (κ3) is 12.8. The molecule has 29 heavy (non-hydrogen) atoms. The van der Waals surface area contributed by atoms with Gasteiger partial charge in [0.25, 0.3) is 0 Å². The normalized spacial score (nSPS) is 17.9. The Bertz CT molecular complexity index is 391. The van der Waals surface area contributed by atoms with E-state index in [0.717, 1.165) is 38.1 Å². The number of hydrogen-bond donors (Lipinski definition) is 2. The number of amides is 2. The summed E-state index contributed by atoms with van der Waals surface area (Å²) in [5.74, 6) is 0.279. The van der Waals surface area contributed by atoms with Crippen LogP contribution >= 0.6 is 0 Å². The van der Waals surface area contributed by atoms with Gasteiger partial charge in [0.15, 0.2) is 5.91 Å². The minimum atomic E-state index is 0. The summed E-state index contributed by atoms with van der Waals surface area (Å²) >= 11 is 0. The summed E-state index contributed by atoms with van der Waals surface area (Å²) in [5.41, 5.74) is 0.225. The molecule has 1 unspecified atom stereocenters. The minimum absolute atomic E-state index is 0. The zero-order valence-electron chi connectivity index (χ0n) is 20.1. The van der Waals surface area contributed by atoms with E-state index >= 15 is 0 Å². The van der Waals surface area contributed by atoms with Crippen LogP contribution in [0.3, 0.4) is 0 Å². The monoisotopic (exact) mass is 443 g/mol. The SMILES string of the molecule is CCCCC1(CCCC)C[C-](NC(=O)CCC)CC(NC(=O)CCC)C1.[CH3-].[CH3-].[Ti+3]. The van der Waals surface area contributed by atoms with E-state index in [9.17, 15) is 9.59 Å². The molecule has 2 amide bonds. The van der Waals surface area contributed by atoms with Crippen molar-refractivity contribution in [3.63, 3.8) is 0 Å². The average molecular weight is 444 g/mol. The van der Waals surface area contributed by atoms with Crippen LogP contribution in [0.15, 0.2) is 0 Å². The number of carbonyl (C=O) groups is 2. The number of rotatable bonds is 12. The largest absolute Gasteiger partial charge is 3.00 e. The molecular formula is C24H47N2O2Ti. The molecule has 169 valence electrons. The molecule has 0 saturated heterocycles. The fraction of sp³-hybridized carbons (Fsp3) is 0.792. The number of unbranched alkanes of at least 4 members (excludes halogenated alkanes) is 2. The first-order chi connectivity index (χ1) is 12.5. The van der Waals surface area contributed by atoms with E-state index in [1.165, 1.54) is 38.5 Å². The molecule has 0 spiro atoms. The van der Waals surface area contributed by atoms with Crippen LogP contribution < -0.4 is 10.6 Å². The molecule has 0 aromatic carbocycles. The van der Waals surface area contributed by atoms with Crippen molar-refractivity contribution in [3.8, 4) is 0 Å². The van der Waals surface area contributed by atoms with Crippen molar-refractivity contribution < 1.29 is 31.3 Å². The van der Waals surface area contributed by atoms with E-state index in [4.69, 9.17) is 0 Å². The summed E-state index contributed by atoms with van der Waals surface area (Å²) in [6, 6.07) is 1.30. The molecular weight excluding hydrogens is 396 g/mol. The summed E-state index contributed by atoms with van der Waals surface area (Å²) in [6.07, 6.45) is 12.9. The second kappa shape index (κ2) is 18.4. The van der Waals surface area contributed by atoms with Crippen LogP contribution in [-0.4, -0.2) is 17.9 Å². The van der Waals surface area contributed by atoms with Gasteiger partial charge in [-0.05, 0) is 32.1 Å². The number of nitrogens with one attached hydrogen (secondary N) is 2. The van der Waals surface area contributed by atoms with Crippen LogP contribution in [0.2, 0.25) is 0 Å². The minimum Gasteiger partial charge on any atom is -0.503 e. The molecule has 1 atom stereocenters. The van der Waals surface area contributed by atoms with Gasteiger partial charge in [-0.25, -0.2) is 6.04 Å². The molecule has 2 N–H and O–H groups in total. The Kier molecular flexibility index (Phi) is 21.2. The van der Waals surface area contributed by atoms with Crippen LogP contribution in [0.5, 0.6) is 0 Å². The molecule has 1 rings (SSSR count). The van der Waals surface area contributed by atoms with Gasteiger partial charge in [-0.15, -0.1) is 6.42 Å². The zero-order valence-corrected chi connectivity index (χ0v) is 21.6. The summed E-state index contributed by atoms with van der Waals surface area (Å²) in [4.78, 5) is 24.3. The van der Waals surface area contributed by atoms with Crippen molar-refractivity contribution in [3.05, 3.63) is 20.9 Å². The molecule has 0 heterocycles. The van der Waals surface area contributed by atoms with Crippen LogP contribution in [-0.2, 0) is 31.3 Å². The van der Waals surface area contributed by atoms with Crippen molar-refractivity contribution in [1.82, 2.24) is 10.6 Å². The molecule has 0 aromatic heterocycles. The standard InChI is InChI=1S/C22H41N2O2.2CH3.Ti/c1-5-9-13-22(14-10-6-2)16-18(23-20(25)11-7-3)15-19(17-22)24-21(26)12-8-4;;;/h18H,5-17H2,1-4H3,(H,23,25)(H,24,26);2*1H3;/q3*-1;+3. The van der Waals surface area contributed by atoms with E-state index in [1.807, 2.05) is 13.8 Å². The van der Waals surface area contributed by atoms with Gasteiger partial charge >= 0.3 is 21.7 Å². The predicted octanol–water partition coefficient (Wildman–Crippen LogP) is 6.17. The predicted molar refractivity (Wildman–Crippen MR) is 121 cm³/mol. The van der Waals surface area contributed by atoms with E-state index in [1.54, 1.807) is 0 Å². The molecule has 1 aliphatic rings. The third-order valence-corrected chi connectivity index (χ3v) is 5.52. The molecule has 1 fully saturated rings. The van der Waals surface area contributed by atoms with E-state index in [0.29, 0.717) is 12.8 Å². The summed E-state index contributed by atoms with van der Waals surface area (Å²) < 4.78 is 0. The first kappa shape index (κ1) is 33.3. The van der Waals surface area contributed by atoms with Gasteiger partial charge in [-0.3, -0.25) is 9.59 Å². The van der Waals surface area contributed by atoms with Crippen LogP contribution in [0.1, 0.15) is 111 Å². The fourth-order valence-electron chi connectivity index (χ4n) is 4.31. The van der Waals surface area contributed by atoms with E-state index < -0.39 is 0 Å².